The lowest BCUT2D eigenvalue weighted by Gasteiger charge is -2.10. The largest absolute Gasteiger partial charge is 0.486 e. The van der Waals surface area contributed by atoms with E-state index >= 15 is 0 Å². The molecule has 1 amide bonds. The van der Waals surface area contributed by atoms with Crippen LogP contribution >= 0.6 is 0 Å². The summed E-state index contributed by atoms with van der Waals surface area (Å²) in [7, 11) is 0. The van der Waals surface area contributed by atoms with E-state index in [9.17, 15) is 4.79 Å². The Morgan fingerprint density at radius 3 is 2.41 bits per heavy atom. The number of nitrogens with two attached hydrogens (primary N) is 1. The van der Waals surface area contributed by atoms with Gasteiger partial charge in [0.1, 0.15) is 12.4 Å². The molecule has 4 N–H and O–H groups in total. The molecule has 0 spiro atoms. The number of aromatic nitrogens is 3. The summed E-state index contributed by atoms with van der Waals surface area (Å²) in [6.07, 6.45) is 0. The molecule has 0 aliphatic carbocycles. The van der Waals surface area contributed by atoms with Crippen molar-refractivity contribution in [3.8, 4) is 5.75 Å². The number of amides is 1. The monoisotopic (exact) mass is 426 g/mol. The van der Waals surface area contributed by atoms with Crippen molar-refractivity contribution in [3.63, 3.8) is 0 Å². The van der Waals surface area contributed by atoms with Crippen LogP contribution in [-0.4, -0.2) is 20.9 Å². The lowest BCUT2D eigenvalue weighted by Crippen LogP contribution is -2.22. The van der Waals surface area contributed by atoms with Crippen molar-refractivity contribution in [2.45, 2.75) is 13.2 Å². The second-order valence-corrected chi connectivity index (χ2v) is 6.91. The van der Waals surface area contributed by atoms with Crippen LogP contribution in [0.4, 0.5) is 17.6 Å². The molecule has 32 heavy (non-hydrogen) atoms. The zero-order chi connectivity index (χ0) is 22.2. The van der Waals surface area contributed by atoms with E-state index in [0.717, 1.165) is 11.3 Å². The molecule has 4 rings (SSSR count). The summed E-state index contributed by atoms with van der Waals surface area (Å²) >= 11 is 0. The summed E-state index contributed by atoms with van der Waals surface area (Å²) in [5.41, 5.74) is 8.18. The Labute approximate surface area is 185 Å². The molecule has 0 fully saturated rings. The average molecular weight is 426 g/mol. The Morgan fingerprint density at radius 2 is 1.62 bits per heavy atom. The Morgan fingerprint density at radius 1 is 0.875 bits per heavy atom. The number of para-hydroxylation sites is 1. The van der Waals surface area contributed by atoms with E-state index in [-0.39, 0.29) is 18.5 Å². The summed E-state index contributed by atoms with van der Waals surface area (Å²) < 4.78 is 5.79. The fraction of sp³-hybridized carbons (Fsp3) is 0.0833. The normalized spacial score (nSPS) is 10.4. The lowest BCUT2D eigenvalue weighted by molar-refractivity contribution is 0.0950. The number of hydrogen-bond donors (Lipinski definition) is 3. The first-order chi connectivity index (χ1) is 15.7. The zero-order valence-electron chi connectivity index (χ0n) is 17.2. The van der Waals surface area contributed by atoms with E-state index in [1.54, 1.807) is 24.3 Å². The number of anilines is 3. The fourth-order valence-corrected chi connectivity index (χ4v) is 2.96. The molecule has 0 unspecified atom stereocenters. The molecule has 0 saturated carbocycles. The van der Waals surface area contributed by atoms with Gasteiger partial charge in [-0.25, -0.2) is 0 Å². The van der Waals surface area contributed by atoms with E-state index < -0.39 is 0 Å². The molecule has 0 aliphatic heterocycles. The van der Waals surface area contributed by atoms with Crippen LogP contribution in [0.25, 0.3) is 0 Å². The highest BCUT2D eigenvalue weighted by atomic mass is 16.5. The summed E-state index contributed by atoms with van der Waals surface area (Å²) in [5.74, 6) is 1.13. The molecule has 8 nitrogen and oxygen atoms in total. The minimum absolute atomic E-state index is 0.0747. The van der Waals surface area contributed by atoms with Gasteiger partial charge in [-0.2, -0.15) is 15.0 Å². The molecule has 0 aliphatic rings. The number of ether oxygens (including phenoxy) is 1. The molecule has 0 saturated heterocycles. The Bertz CT molecular complexity index is 1190. The van der Waals surface area contributed by atoms with Gasteiger partial charge < -0.3 is 21.1 Å². The van der Waals surface area contributed by atoms with Gasteiger partial charge in [-0.05, 0) is 35.9 Å². The van der Waals surface area contributed by atoms with E-state index in [4.69, 9.17) is 10.5 Å². The molecular formula is C24H22N6O2. The van der Waals surface area contributed by atoms with E-state index in [2.05, 4.69) is 25.6 Å². The Kier molecular flexibility index (Phi) is 6.52. The van der Waals surface area contributed by atoms with Crippen LogP contribution in [0.5, 0.6) is 5.75 Å². The molecule has 1 heterocycles. The predicted molar refractivity (Wildman–Crippen MR) is 122 cm³/mol. The van der Waals surface area contributed by atoms with Crippen LogP contribution in [0.1, 0.15) is 21.7 Å². The maximum atomic E-state index is 12.5. The Hall–Kier alpha value is -4.46. The molecule has 0 atom stereocenters. The number of hydrogen-bond acceptors (Lipinski definition) is 7. The highest BCUT2D eigenvalue weighted by Crippen LogP contribution is 2.16. The highest BCUT2D eigenvalue weighted by Gasteiger charge is 2.09. The fourth-order valence-electron chi connectivity index (χ4n) is 2.96. The maximum absolute atomic E-state index is 12.5. The first kappa shape index (κ1) is 20.8. The molecule has 160 valence electrons. The number of carbonyl (C=O) groups is 1. The van der Waals surface area contributed by atoms with Crippen LogP contribution < -0.4 is 21.1 Å². The van der Waals surface area contributed by atoms with Crippen LogP contribution in [0.15, 0.2) is 84.9 Å². The highest BCUT2D eigenvalue weighted by molar-refractivity contribution is 5.94. The summed E-state index contributed by atoms with van der Waals surface area (Å²) in [6, 6.07) is 26.2. The van der Waals surface area contributed by atoms with Gasteiger partial charge in [-0.3, -0.25) is 4.79 Å². The summed E-state index contributed by atoms with van der Waals surface area (Å²) in [6.45, 7) is 0.525. The minimum Gasteiger partial charge on any atom is -0.486 e. The topological polar surface area (TPSA) is 115 Å². The van der Waals surface area contributed by atoms with Crippen molar-refractivity contribution >= 4 is 23.5 Å². The first-order valence-electron chi connectivity index (χ1n) is 10.0. The SMILES string of the molecule is Nc1nc(COc2cccc(C(=O)NCc3ccccc3)c2)nc(Nc2ccccc2)n1. The number of nitrogens with one attached hydrogen (secondary N) is 2. The van der Waals surface area contributed by atoms with E-state index in [1.807, 2.05) is 60.7 Å². The van der Waals surface area contributed by atoms with Crippen molar-refractivity contribution in [1.82, 2.24) is 20.3 Å². The van der Waals surface area contributed by atoms with Gasteiger partial charge in [0.2, 0.25) is 11.9 Å². The molecule has 8 heteroatoms. The van der Waals surface area contributed by atoms with Crippen LogP contribution in [-0.2, 0) is 13.2 Å². The van der Waals surface area contributed by atoms with Gasteiger partial charge in [0.25, 0.3) is 5.91 Å². The molecule has 4 aromatic rings. The van der Waals surface area contributed by atoms with Crippen molar-refractivity contribution in [1.29, 1.82) is 0 Å². The van der Waals surface area contributed by atoms with Crippen LogP contribution in [0.2, 0.25) is 0 Å². The average Bonchev–Trinajstić information content (AvgIpc) is 2.82. The van der Waals surface area contributed by atoms with Crippen LogP contribution in [0.3, 0.4) is 0 Å². The van der Waals surface area contributed by atoms with Gasteiger partial charge in [-0.1, -0.05) is 54.6 Å². The van der Waals surface area contributed by atoms with Crippen molar-refractivity contribution in [2.75, 3.05) is 11.1 Å². The van der Waals surface area contributed by atoms with Crippen molar-refractivity contribution in [2.24, 2.45) is 0 Å². The second kappa shape index (κ2) is 10.0. The molecule has 0 bridgehead atoms. The maximum Gasteiger partial charge on any atom is 0.251 e. The Balaban J connectivity index is 1.38. The van der Waals surface area contributed by atoms with Gasteiger partial charge in [0.05, 0.1) is 0 Å². The minimum atomic E-state index is -0.182. The third-order valence-corrected chi connectivity index (χ3v) is 4.49. The number of benzene rings is 3. The van der Waals surface area contributed by atoms with Gasteiger partial charge >= 0.3 is 0 Å². The lowest BCUT2D eigenvalue weighted by atomic mass is 10.2. The van der Waals surface area contributed by atoms with Crippen molar-refractivity contribution < 1.29 is 9.53 Å². The van der Waals surface area contributed by atoms with Gasteiger partial charge in [0, 0.05) is 17.8 Å². The molecule has 3 aromatic carbocycles. The first-order valence-corrected chi connectivity index (χ1v) is 10.0. The van der Waals surface area contributed by atoms with Gasteiger partial charge in [0.15, 0.2) is 5.82 Å². The van der Waals surface area contributed by atoms with Crippen molar-refractivity contribution in [3.05, 3.63) is 102 Å². The molecule has 0 radical (unpaired) electrons. The second-order valence-electron chi connectivity index (χ2n) is 6.91. The number of nitrogen functional groups attached to an aromatic ring is 1. The molecule has 1 aromatic heterocycles. The van der Waals surface area contributed by atoms with E-state index in [0.29, 0.717) is 29.6 Å². The van der Waals surface area contributed by atoms with Gasteiger partial charge in [-0.15, -0.1) is 0 Å². The van der Waals surface area contributed by atoms with E-state index in [1.165, 1.54) is 0 Å². The number of nitrogens with zero attached hydrogens (tertiary/aromatic N) is 3. The quantitative estimate of drug-likeness (QED) is 0.393. The third kappa shape index (κ3) is 5.79. The molecular weight excluding hydrogens is 404 g/mol. The summed E-state index contributed by atoms with van der Waals surface area (Å²) in [4.78, 5) is 25.1. The number of rotatable bonds is 8. The number of carbonyl (C=O) groups excluding carboxylic acids is 1. The predicted octanol–water partition coefficient (Wildman–Crippen LogP) is 3.71. The zero-order valence-corrected chi connectivity index (χ0v) is 17.2. The summed E-state index contributed by atoms with van der Waals surface area (Å²) in [5, 5.41) is 5.99. The standard InChI is InChI=1S/C24H22N6O2/c25-23-28-21(29-24(30-23)27-19-11-5-2-6-12-19)16-32-20-13-7-10-18(14-20)22(31)26-15-17-8-3-1-4-9-17/h1-14H,15-16H2,(H,26,31)(H3,25,27,28,29,30). The smallest absolute Gasteiger partial charge is 0.251 e. The van der Waals surface area contributed by atoms with Crippen LogP contribution in [0, 0.1) is 0 Å². The third-order valence-electron chi connectivity index (χ3n) is 4.49.